The summed E-state index contributed by atoms with van der Waals surface area (Å²) in [5.41, 5.74) is 25.5. The topological polar surface area (TPSA) is 9.72 Å². The standard InChI is InChI=1S/C71H76BN3/c1-66(2,3)49-27-31-53(32-28-49)73-62-45-54(75-60-37-30-51(68(7,8)9)42-56(60)70(13)38-21-39-71(70,75)14)33-35-58(62)72-57-34-26-48(46-22-17-15-18-23-46)40-61(57)74(64-44-52(69(10,11)12)43-63(73)65(64)72)59-36-29-50(67(4,5)6)41-55(59)47-24-19-16-20-25-47/h15-20,22-37,40-45H,21,38-39H2,1-14H3. The van der Waals surface area contributed by atoms with E-state index >= 15 is 0 Å². The Morgan fingerprint density at radius 3 is 1.52 bits per heavy atom. The van der Waals surface area contributed by atoms with Crippen LogP contribution >= 0.6 is 0 Å². The third-order valence-electron chi connectivity index (χ3n) is 18.2. The van der Waals surface area contributed by atoms with Crippen LogP contribution in [0.2, 0.25) is 0 Å². The van der Waals surface area contributed by atoms with Crippen molar-refractivity contribution in [1.29, 1.82) is 0 Å². The molecule has 0 bridgehead atoms. The van der Waals surface area contributed by atoms with Crippen LogP contribution in [0.1, 0.15) is 144 Å². The van der Waals surface area contributed by atoms with Crippen molar-refractivity contribution in [1.82, 2.24) is 0 Å². The van der Waals surface area contributed by atoms with Gasteiger partial charge in [0.05, 0.1) is 11.2 Å². The van der Waals surface area contributed by atoms with Crippen LogP contribution in [-0.4, -0.2) is 12.3 Å². The zero-order chi connectivity index (χ0) is 52.8. The SMILES string of the molecule is CC(C)(C)c1ccc(N2c3cc(N4c5ccc(C(C)(C)C)cc5C5(C)CCCC45C)ccc3B3c4ccc(-c5ccccc5)cc4N(c4ccc(C(C)(C)C)cc4-c4ccccc4)c4cc(C(C)(C)C)cc2c43)cc1. The van der Waals surface area contributed by atoms with E-state index in [1.54, 1.807) is 0 Å². The Labute approximate surface area is 449 Å². The van der Waals surface area contributed by atoms with Gasteiger partial charge in [0.15, 0.2) is 0 Å². The summed E-state index contributed by atoms with van der Waals surface area (Å²) in [6.45, 7) is 33.3. The van der Waals surface area contributed by atoms with Gasteiger partial charge in [-0.05, 0) is 163 Å². The molecule has 1 saturated carbocycles. The van der Waals surface area contributed by atoms with E-state index in [9.17, 15) is 0 Å². The predicted octanol–water partition coefficient (Wildman–Crippen LogP) is 17.6. The summed E-state index contributed by atoms with van der Waals surface area (Å²) in [5, 5.41) is 0. The molecule has 3 heterocycles. The van der Waals surface area contributed by atoms with E-state index in [0.717, 1.165) is 6.42 Å². The van der Waals surface area contributed by atoms with E-state index < -0.39 is 0 Å². The van der Waals surface area contributed by atoms with E-state index in [1.807, 2.05) is 0 Å². The van der Waals surface area contributed by atoms with Crippen LogP contribution in [-0.2, 0) is 27.1 Å². The van der Waals surface area contributed by atoms with Gasteiger partial charge in [-0.3, -0.25) is 0 Å². The van der Waals surface area contributed by atoms with Crippen molar-refractivity contribution in [3.05, 3.63) is 198 Å². The molecule has 12 rings (SSSR count). The van der Waals surface area contributed by atoms with Gasteiger partial charge >= 0.3 is 0 Å². The third-order valence-corrected chi connectivity index (χ3v) is 18.2. The molecule has 0 radical (unpaired) electrons. The van der Waals surface area contributed by atoms with Gasteiger partial charge in [-0.2, -0.15) is 0 Å². The average Bonchev–Trinajstić information content (AvgIpc) is 3.86. The van der Waals surface area contributed by atoms with Gasteiger partial charge < -0.3 is 14.7 Å². The smallest absolute Gasteiger partial charge is 0.252 e. The molecule has 3 nitrogen and oxygen atoms in total. The van der Waals surface area contributed by atoms with Gasteiger partial charge in [0.1, 0.15) is 0 Å². The van der Waals surface area contributed by atoms with Gasteiger partial charge in [-0.25, -0.2) is 0 Å². The second kappa shape index (κ2) is 16.9. The highest BCUT2D eigenvalue weighted by Gasteiger charge is 2.60. The Morgan fingerprint density at radius 2 is 0.907 bits per heavy atom. The number of nitrogens with zero attached hydrogens (tertiary/aromatic N) is 3. The number of rotatable bonds is 5. The molecule has 1 aliphatic carbocycles. The molecule has 4 heteroatoms. The van der Waals surface area contributed by atoms with Crippen LogP contribution in [0, 0.1) is 0 Å². The molecule has 8 aromatic carbocycles. The van der Waals surface area contributed by atoms with E-state index in [4.69, 9.17) is 0 Å². The van der Waals surface area contributed by atoms with Crippen molar-refractivity contribution in [2.45, 2.75) is 149 Å². The summed E-state index contributed by atoms with van der Waals surface area (Å²) in [4.78, 5) is 8.06. The van der Waals surface area contributed by atoms with E-state index in [0.29, 0.717) is 0 Å². The molecule has 1 fully saturated rings. The molecule has 0 amide bonds. The van der Waals surface area contributed by atoms with Gasteiger partial charge in [-0.15, -0.1) is 0 Å². The van der Waals surface area contributed by atoms with Crippen molar-refractivity contribution < 1.29 is 0 Å². The quantitative estimate of drug-likeness (QED) is 0.159. The first-order chi connectivity index (χ1) is 35.5. The minimum Gasteiger partial charge on any atom is -0.334 e. The maximum Gasteiger partial charge on any atom is 0.252 e. The maximum absolute atomic E-state index is 2.77. The lowest BCUT2D eigenvalue weighted by Gasteiger charge is -2.46. The van der Waals surface area contributed by atoms with Crippen LogP contribution in [0.3, 0.4) is 0 Å². The second-order valence-corrected chi connectivity index (χ2v) is 27.1. The second-order valence-electron chi connectivity index (χ2n) is 27.1. The molecule has 3 aliphatic heterocycles. The Balaban J connectivity index is 1.17. The zero-order valence-corrected chi connectivity index (χ0v) is 47.2. The van der Waals surface area contributed by atoms with E-state index in [1.165, 1.54) is 125 Å². The minimum atomic E-state index is -0.159. The maximum atomic E-state index is 2.77. The summed E-state index contributed by atoms with van der Waals surface area (Å²) < 4.78 is 0. The van der Waals surface area contributed by atoms with Gasteiger partial charge in [-0.1, -0.05) is 206 Å². The largest absolute Gasteiger partial charge is 0.334 e. The van der Waals surface area contributed by atoms with Gasteiger partial charge in [0, 0.05) is 50.8 Å². The predicted molar refractivity (Wildman–Crippen MR) is 324 cm³/mol. The fourth-order valence-corrected chi connectivity index (χ4v) is 13.5. The third kappa shape index (κ3) is 7.74. The monoisotopic (exact) mass is 982 g/mol. The number of benzene rings is 8. The summed E-state index contributed by atoms with van der Waals surface area (Å²) in [6, 6.07) is 66.3. The van der Waals surface area contributed by atoms with Crippen molar-refractivity contribution in [3.8, 4) is 22.3 Å². The highest BCUT2D eigenvalue weighted by atomic mass is 15.3. The average molecular weight is 982 g/mol. The van der Waals surface area contributed by atoms with Crippen LogP contribution in [0.25, 0.3) is 22.3 Å². The summed E-state index contributed by atoms with van der Waals surface area (Å²) >= 11 is 0. The van der Waals surface area contributed by atoms with Crippen molar-refractivity contribution in [2.75, 3.05) is 14.7 Å². The fraction of sp³-hybridized carbons (Fsp3) is 0.324. The molecule has 2 unspecified atom stereocenters. The van der Waals surface area contributed by atoms with E-state index in [-0.39, 0.29) is 39.3 Å². The molecule has 2 atom stereocenters. The van der Waals surface area contributed by atoms with Crippen LogP contribution in [0.15, 0.2) is 170 Å². The van der Waals surface area contributed by atoms with Crippen molar-refractivity contribution >= 4 is 68.6 Å². The van der Waals surface area contributed by atoms with Gasteiger partial charge in [0.2, 0.25) is 0 Å². The van der Waals surface area contributed by atoms with Gasteiger partial charge in [0.25, 0.3) is 6.71 Å². The lowest BCUT2D eigenvalue weighted by atomic mass is 9.33. The highest BCUT2D eigenvalue weighted by molar-refractivity contribution is 7.00. The summed E-state index contributed by atoms with van der Waals surface area (Å²) in [7, 11) is 0. The molecule has 378 valence electrons. The lowest BCUT2D eigenvalue weighted by Crippen LogP contribution is -2.61. The molecule has 75 heavy (non-hydrogen) atoms. The zero-order valence-electron chi connectivity index (χ0n) is 47.2. The summed E-state index contributed by atoms with van der Waals surface area (Å²) in [5.74, 6) is 0. The lowest BCUT2D eigenvalue weighted by molar-refractivity contribution is 0.330. The molecular weight excluding hydrogens is 906 g/mol. The van der Waals surface area contributed by atoms with Crippen molar-refractivity contribution in [2.24, 2.45) is 0 Å². The normalized spacial score (nSPS) is 18.9. The first kappa shape index (κ1) is 49.1. The molecule has 4 aliphatic rings. The molecule has 0 saturated heterocycles. The van der Waals surface area contributed by atoms with Crippen molar-refractivity contribution in [3.63, 3.8) is 0 Å². The molecule has 8 aromatic rings. The Bertz CT molecular complexity index is 3550. The van der Waals surface area contributed by atoms with E-state index in [2.05, 4.69) is 281 Å². The molecular formula is C71H76BN3. The summed E-state index contributed by atoms with van der Waals surface area (Å²) in [6.07, 6.45) is 3.56. The Kier molecular flexibility index (Phi) is 11.0. The molecule has 0 aromatic heterocycles. The number of hydrogen-bond acceptors (Lipinski definition) is 3. The number of fused-ring (bicyclic) bond motifs is 7. The van der Waals surface area contributed by atoms with Crippen LogP contribution in [0.4, 0.5) is 45.5 Å². The molecule has 0 spiro atoms. The van der Waals surface area contributed by atoms with Crippen LogP contribution in [0.5, 0.6) is 0 Å². The number of anilines is 8. The molecule has 0 N–H and O–H groups in total. The number of hydrogen-bond donors (Lipinski definition) is 0. The first-order valence-electron chi connectivity index (χ1n) is 27.8. The highest BCUT2D eigenvalue weighted by Crippen LogP contribution is 2.63. The van der Waals surface area contributed by atoms with Crippen LogP contribution < -0.4 is 31.1 Å². The fourth-order valence-electron chi connectivity index (χ4n) is 13.5. The first-order valence-corrected chi connectivity index (χ1v) is 27.8. The Hall–Kier alpha value is -6.78. The Morgan fingerprint density at radius 1 is 0.387 bits per heavy atom. The minimum absolute atomic E-state index is 0.0170.